The molecule has 0 amide bonds. The molecule has 0 unspecified atom stereocenters. The molecule has 0 aliphatic heterocycles. The quantitative estimate of drug-likeness (QED) is 0.214. The van der Waals surface area contributed by atoms with Crippen LogP contribution in [0.4, 0.5) is 0 Å². The van der Waals surface area contributed by atoms with Crippen molar-refractivity contribution in [3.05, 3.63) is 0 Å². The molecule has 13 heteroatoms. The summed E-state index contributed by atoms with van der Waals surface area (Å²) >= 11 is 9.91. The van der Waals surface area contributed by atoms with E-state index in [2.05, 4.69) is 50.5 Å². The van der Waals surface area contributed by atoms with Crippen LogP contribution in [0, 0.1) is 0 Å². The molecule has 0 N–H and O–H groups in total. The Labute approximate surface area is 173 Å². The number of thiol groups is 4. The molecule has 0 saturated heterocycles. The van der Waals surface area contributed by atoms with Crippen molar-refractivity contribution >= 4 is 94.4 Å². The SMILES string of the molecule is O=C(CCS)[O][Sn]([O]C(=O)CCS)([O]C(=O)CCS)[O]C(=O)CCS. The summed E-state index contributed by atoms with van der Waals surface area (Å²) in [6.07, 6.45) is -0.611. The van der Waals surface area contributed by atoms with Gasteiger partial charge in [0.2, 0.25) is 0 Å². The Hall–Kier alpha value is 0.0787. The molecule has 0 radical (unpaired) electrons. The van der Waals surface area contributed by atoms with Gasteiger partial charge in [0, 0.05) is 0 Å². The van der Waals surface area contributed by atoms with Gasteiger partial charge in [-0.15, -0.1) is 0 Å². The van der Waals surface area contributed by atoms with Gasteiger partial charge >= 0.3 is 175 Å². The summed E-state index contributed by atoms with van der Waals surface area (Å²) in [4.78, 5) is 47.4. The molecule has 0 spiro atoms. The van der Waals surface area contributed by atoms with Gasteiger partial charge in [0.1, 0.15) is 0 Å². The fraction of sp³-hybridized carbons (Fsp3) is 0.667. The van der Waals surface area contributed by atoms with Crippen LogP contribution in [0.3, 0.4) is 0 Å². The minimum atomic E-state index is -5.65. The van der Waals surface area contributed by atoms with Crippen LogP contribution in [0.25, 0.3) is 0 Å². The number of hydrogen-bond donors (Lipinski definition) is 4. The third-order valence-electron chi connectivity index (χ3n) is 2.22. The van der Waals surface area contributed by atoms with Crippen LogP contribution in [0.1, 0.15) is 25.7 Å². The van der Waals surface area contributed by atoms with Gasteiger partial charge in [-0.05, 0) is 0 Å². The zero-order valence-electron chi connectivity index (χ0n) is 13.2. The Kier molecular flexibility index (Phi) is 14.2. The van der Waals surface area contributed by atoms with E-state index in [1.807, 2.05) is 0 Å². The standard InChI is InChI=1S/4C3H6O2S.Sn/c4*4-3(5)1-2-6;/h4*6H,1-2H2,(H,4,5);/q;;;;+4/p-4. The molecule has 0 aliphatic rings. The Balaban J connectivity index is 5.55. The van der Waals surface area contributed by atoms with Crippen molar-refractivity contribution in [2.75, 3.05) is 23.0 Å². The minimum absolute atomic E-state index is 0.139. The van der Waals surface area contributed by atoms with Gasteiger partial charge in [-0.25, -0.2) is 0 Å². The van der Waals surface area contributed by atoms with E-state index in [1.54, 1.807) is 0 Å². The zero-order valence-corrected chi connectivity index (χ0v) is 19.6. The average molecular weight is 539 g/mol. The Morgan fingerprint density at radius 2 is 0.720 bits per heavy atom. The molecule has 0 aromatic heterocycles. The normalized spacial score (nSPS) is 10.7. The molecule has 144 valence electrons. The second-order valence-electron chi connectivity index (χ2n) is 4.29. The predicted octanol–water partition coefficient (Wildman–Crippen LogP) is 0.874. The van der Waals surface area contributed by atoms with E-state index in [4.69, 9.17) is 12.3 Å². The monoisotopic (exact) mass is 540 g/mol. The van der Waals surface area contributed by atoms with Crippen molar-refractivity contribution in [1.29, 1.82) is 0 Å². The van der Waals surface area contributed by atoms with Gasteiger partial charge in [-0.3, -0.25) is 0 Å². The van der Waals surface area contributed by atoms with Crippen molar-refractivity contribution in [3.8, 4) is 0 Å². The van der Waals surface area contributed by atoms with E-state index in [-0.39, 0.29) is 48.7 Å². The molecule has 0 rings (SSSR count). The molecule has 0 heterocycles. The van der Waals surface area contributed by atoms with Gasteiger partial charge < -0.3 is 0 Å². The van der Waals surface area contributed by atoms with E-state index in [1.165, 1.54) is 0 Å². The summed E-state index contributed by atoms with van der Waals surface area (Å²) < 4.78 is 20.2. The molecule has 0 aliphatic carbocycles. The number of rotatable bonds is 12. The van der Waals surface area contributed by atoms with Gasteiger partial charge in [0.15, 0.2) is 0 Å². The van der Waals surface area contributed by atoms with E-state index in [9.17, 15) is 19.2 Å². The summed E-state index contributed by atoms with van der Waals surface area (Å²) in [5, 5.41) is 0. The Morgan fingerprint density at radius 1 is 0.520 bits per heavy atom. The third-order valence-corrected chi connectivity index (χ3v) is 8.57. The third kappa shape index (κ3) is 11.4. The molecule has 8 nitrogen and oxygen atoms in total. The Bertz CT molecular complexity index is 391. The van der Waals surface area contributed by atoms with Crippen LogP contribution in [0.15, 0.2) is 0 Å². The van der Waals surface area contributed by atoms with E-state index >= 15 is 0 Å². The van der Waals surface area contributed by atoms with Crippen LogP contribution in [-0.4, -0.2) is 66.9 Å². The summed E-state index contributed by atoms with van der Waals surface area (Å²) in [6.45, 7) is 0. The molecule has 0 saturated carbocycles. The van der Waals surface area contributed by atoms with Crippen LogP contribution in [-0.2, 0) is 31.5 Å². The van der Waals surface area contributed by atoms with E-state index < -0.39 is 43.9 Å². The van der Waals surface area contributed by atoms with Crippen molar-refractivity contribution in [1.82, 2.24) is 0 Å². The second kappa shape index (κ2) is 14.2. The summed E-state index contributed by atoms with van der Waals surface area (Å²) in [7, 11) is 0. The van der Waals surface area contributed by atoms with Gasteiger partial charge in [-0.2, -0.15) is 0 Å². The molecule has 0 fully saturated rings. The van der Waals surface area contributed by atoms with Crippen molar-refractivity contribution < 1.29 is 31.5 Å². The van der Waals surface area contributed by atoms with Crippen molar-refractivity contribution in [3.63, 3.8) is 0 Å². The van der Waals surface area contributed by atoms with Crippen molar-refractivity contribution in [2.45, 2.75) is 25.7 Å². The van der Waals surface area contributed by atoms with E-state index in [0.29, 0.717) is 0 Å². The Morgan fingerprint density at radius 3 is 0.880 bits per heavy atom. The molecule has 0 bridgehead atoms. The molecule has 0 aromatic rings. The predicted molar refractivity (Wildman–Crippen MR) is 104 cm³/mol. The first-order valence-electron chi connectivity index (χ1n) is 7.13. The molecule has 25 heavy (non-hydrogen) atoms. The first kappa shape index (κ1) is 25.1. The van der Waals surface area contributed by atoms with Gasteiger partial charge in [-0.1, -0.05) is 0 Å². The fourth-order valence-corrected chi connectivity index (χ4v) is 7.04. The average Bonchev–Trinajstić information content (AvgIpc) is 2.47. The van der Waals surface area contributed by atoms with Gasteiger partial charge in [0.05, 0.1) is 0 Å². The molecular weight excluding hydrogens is 519 g/mol. The summed E-state index contributed by atoms with van der Waals surface area (Å²) in [5.41, 5.74) is 0. The van der Waals surface area contributed by atoms with Crippen LogP contribution >= 0.6 is 50.5 Å². The van der Waals surface area contributed by atoms with Crippen LogP contribution in [0.5, 0.6) is 0 Å². The number of carbonyl (C=O) groups excluding carboxylic acids is 4. The molecular formula is C12H20O8S4Sn. The number of carbonyl (C=O) groups is 4. The van der Waals surface area contributed by atoms with Crippen LogP contribution < -0.4 is 0 Å². The maximum absolute atomic E-state index is 11.8. The molecule has 0 aromatic carbocycles. The fourth-order valence-electron chi connectivity index (χ4n) is 1.25. The first-order chi connectivity index (χ1) is 11.8. The molecule has 0 atom stereocenters. The van der Waals surface area contributed by atoms with E-state index in [0.717, 1.165) is 0 Å². The first-order valence-corrected chi connectivity index (χ1v) is 14.3. The topological polar surface area (TPSA) is 105 Å². The van der Waals surface area contributed by atoms with Crippen LogP contribution in [0.2, 0.25) is 0 Å². The van der Waals surface area contributed by atoms with Crippen molar-refractivity contribution in [2.24, 2.45) is 0 Å². The number of hydrogen-bond acceptors (Lipinski definition) is 12. The maximum atomic E-state index is 11.8. The second-order valence-corrected chi connectivity index (χ2v) is 11.3. The summed E-state index contributed by atoms with van der Waals surface area (Å²) in [6, 6.07) is 0. The van der Waals surface area contributed by atoms with Gasteiger partial charge in [0.25, 0.3) is 0 Å². The summed E-state index contributed by atoms with van der Waals surface area (Å²) in [5.74, 6) is -2.88. The zero-order chi connectivity index (χ0) is 19.3.